The highest BCUT2D eigenvalue weighted by Crippen LogP contribution is 2.09. The van der Waals surface area contributed by atoms with Crippen molar-refractivity contribution >= 4 is 17.1 Å². The molecule has 1 atom stereocenters. The average Bonchev–Trinajstić information content (AvgIpc) is 2.26. The second kappa shape index (κ2) is 6.33. The van der Waals surface area contributed by atoms with Gasteiger partial charge in [0, 0.05) is 0 Å². The molecule has 0 saturated carbocycles. The summed E-state index contributed by atoms with van der Waals surface area (Å²) < 4.78 is 26.1. The minimum absolute atomic E-state index is 0.177. The molecule has 5 nitrogen and oxygen atoms in total. The molecular weight excluding hydrogens is 253 g/mol. The summed E-state index contributed by atoms with van der Waals surface area (Å²) in [5.41, 5.74) is 0.653. The van der Waals surface area contributed by atoms with E-state index in [9.17, 15) is 8.42 Å². The zero-order valence-corrected chi connectivity index (χ0v) is 11.3. The molecule has 1 aromatic carbocycles. The van der Waals surface area contributed by atoms with Crippen molar-refractivity contribution in [1.82, 2.24) is 4.72 Å². The van der Waals surface area contributed by atoms with Gasteiger partial charge in [-0.15, -0.1) is 0 Å². The Bertz CT molecular complexity index is 453. The first-order chi connectivity index (χ1) is 8.32. The minimum Gasteiger partial charge on any atom is -0.426 e. The molecule has 0 bridgehead atoms. The lowest BCUT2D eigenvalue weighted by atomic mass is 9.74. The van der Waals surface area contributed by atoms with Crippen LogP contribution in [0.4, 0.5) is 0 Å². The molecule has 0 aromatic heterocycles. The largest absolute Gasteiger partial charge is 0.471 e. The number of benzene rings is 1. The second-order valence-corrected chi connectivity index (χ2v) is 6.30. The molecule has 0 radical (unpaired) electrons. The van der Waals surface area contributed by atoms with Crippen LogP contribution in [0.15, 0.2) is 30.3 Å². The second-order valence-electron chi connectivity index (χ2n) is 4.55. The van der Waals surface area contributed by atoms with Crippen LogP contribution in [0.2, 0.25) is 0 Å². The first-order valence-corrected chi connectivity index (χ1v) is 7.37. The van der Waals surface area contributed by atoms with Gasteiger partial charge in [-0.1, -0.05) is 44.2 Å². The third kappa shape index (κ3) is 4.77. The summed E-state index contributed by atoms with van der Waals surface area (Å²) in [6, 6.07) is 8.73. The molecule has 0 amide bonds. The Hall–Kier alpha value is -0.885. The van der Waals surface area contributed by atoms with Crippen LogP contribution in [0.5, 0.6) is 0 Å². The van der Waals surface area contributed by atoms with Crippen molar-refractivity contribution in [3.8, 4) is 0 Å². The summed E-state index contributed by atoms with van der Waals surface area (Å²) in [5, 5.41) is 18.3. The molecule has 1 aromatic rings. The van der Waals surface area contributed by atoms with Crippen molar-refractivity contribution < 1.29 is 18.5 Å². The first kappa shape index (κ1) is 15.2. The van der Waals surface area contributed by atoms with Gasteiger partial charge in [0.15, 0.2) is 0 Å². The van der Waals surface area contributed by atoms with Crippen LogP contribution in [-0.4, -0.2) is 31.5 Å². The zero-order chi connectivity index (χ0) is 13.8. The van der Waals surface area contributed by atoms with Crippen LogP contribution in [0, 0.1) is 5.92 Å². The lowest BCUT2D eigenvalue weighted by Crippen LogP contribution is -2.49. The fourth-order valence-corrected chi connectivity index (χ4v) is 3.11. The van der Waals surface area contributed by atoms with Crippen molar-refractivity contribution in [3.05, 3.63) is 35.9 Å². The van der Waals surface area contributed by atoms with Gasteiger partial charge in [-0.2, -0.15) is 0 Å². The maximum absolute atomic E-state index is 11.9. The zero-order valence-electron chi connectivity index (χ0n) is 10.4. The van der Waals surface area contributed by atoms with Crippen molar-refractivity contribution in [1.29, 1.82) is 0 Å². The van der Waals surface area contributed by atoms with Crippen molar-refractivity contribution in [2.45, 2.75) is 25.5 Å². The molecule has 0 heterocycles. The highest BCUT2D eigenvalue weighted by atomic mass is 32.2. The van der Waals surface area contributed by atoms with Crippen LogP contribution in [0.25, 0.3) is 0 Å². The molecule has 1 rings (SSSR count). The summed E-state index contributed by atoms with van der Waals surface area (Å²) in [4.78, 5) is 0. The van der Waals surface area contributed by atoms with Gasteiger partial charge in [0.25, 0.3) is 0 Å². The van der Waals surface area contributed by atoms with Gasteiger partial charge in [-0.05, 0) is 11.5 Å². The molecule has 0 aliphatic carbocycles. The molecule has 7 heteroatoms. The standard InChI is InChI=1S/C11H18BNO4S/c1-9(2)11(12(14)15)13-18(16,17)8-10-6-4-3-5-7-10/h3-7,9,11,13-15H,8H2,1-2H3/t11-/m0/s1. The Morgan fingerprint density at radius 1 is 1.22 bits per heavy atom. The van der Waals surface area contributed by atoms with Gasteiger partial charge >= 0.3 is 7.12 Å². The van der Waals surface area contributed by atoms with Gasteiger partial charge in [-0.25, -0.2) is 13.1 Å². The van der Waals surface area contributed by atoms with Crippen molar-refractivity contribution in [3.63, 3.8) is 0 Å². The number of rotatable bonds is 6. The molecule has 0 fully saturated rings. The third-order valence-electron chi connectivity index (χ3n) is 2.55. The van der Waals surface area contributed by atoms with E-state index in [-0.39, 0.29) is 11.7 Å². The summed E-state index contributed by atoms with van der Waals surface area (Å²) in [6.45, 7) is 3.43. The fraction of sp³-hybridized carbons (Fsp3) is 0.455. The van der Waals surface area contributed by atoms with Crippen LogP contribution >= 0.6 is 0 Å². The highest BCUT2D eigenvalue weighted by molar-refractivity contribution is 7.88. The molecular formula is C11H18BNO4S. The molecule has 3 N–H and O–H groups in total. The van der Waals surface area contributed by atoms with E-state index in [4.69, 9.17) is 10.0 Å². The predicted octanol–water partition coefficient (Wildman–Crippen LogP) is 0.143. The molecule has 0 unspecified atom stereocenters. The lowest BCUT2D eigenvalue weighted by Gasteiger charge is -2.21. The topological polar surface area (TPSA) is 86.6 Å². The summed E-state index contributed by atoms with van der Waals surface area (Å²) in [5.74, 6) is -1.29. The molecule has 0 aliphatic rings. The summed E-state index contributed by atoms with van der Waals surface area (Å²) in [6.07, 6.45) is 0. The Morgan fingerprint density at radius 3 is 2.22 bits per heavy atom. The SMILES string of the molecule is CC(C)[C@H](NS(=O)(=O)Cc1ccccc1)B(O)O. The van der Waals surface area contributed by atoms with E-state index in [0.29, 0.717) is 5.56 Å². The maximum atomic E-state index is 11.9. The van der Waals surface area contributed by atoms with E-state index in [1.807, 2.05) is 0 Å². The van der Waals surface area contributed by atoms with Gasteiger partial charge < -0.3 is 10.0 Å². The van der Waals surface area contributed by atoms with E-state index < -0.39 is 23.1 Å². The van der Waals surface area contributed by atoms with Crippen LogP contribution in [-0.2, 0) is 15.8 Å². The minimum atomic E-state index is -3.59. The Balaban J connectivity index is 2.76. The van der Waals surface area contributed by atoms with Crippen LogP contribution in [0.1, 0.15) is 19.4 Å². The Morgan fingerprint density at radius 2 is 1.78 bits per heavy atom. The number of hydrogen-bond donors (Lipinski definition) is 3. The smallest absolute Gasteiger partial charge is 0.426 e. The monoisotopic (exact) mass is 271 g/mol. The van der Waals surface area contributed by atoms with E-state index in [1.165, 1.54) is 0 Å². The Labute approximate surface area is 108 Å². The normalized spacial score (nSPS) is 13.6. The number of hydrogen-bond acceptors (Lipinski definition) is 4. The van der Waals surface area contributed by atoms with Gasteiger partial charge in [0.2, 0.25) is 10.0 Å². The molecule has 18 heavy (non-hydrogen) atoms. The average molecular weight is 271 g/mol. The quantitative estimate of drug-likeness (QED) is 0.642. The van der Waals surface area contributed by atoms with Gasteiger partial charge in [0.1, 0.15) is 0 Å². The van der Waals surface area contributed by atoms with Crippen molar-refractivity contribution in [2.75, 3.05) is 0 Å². The van der Waals surface area contributed by atoms with Crippen LogP contribution < -0.4 is 4.72 Å². The number of sulfonamides is 1. The van der Waals surface area contributed by atoms with E-state index in [0.717, 1.165) is 0 Å². The van der Waals surface area contributed by atoms with E-state index in [1.54, 1.807) is 44.2 Å². The Kier molecular flexibility index (Phi) is 5.34. The predicted molar refractivity (Wildman–Crippen MR) is 71.0 cm³/mol. The summed E-state index contributed by atoms with van der Waals surface area (Å²) >= 11 is 0. The molecule has 0 aliphatic heterocycles. The van der Waals surface area contributed by atoms with E-state index >= 15 is 0 Å². The van der Waals surface area contributed by atoms with E-state index in [2.05, 4.69) is 4.72 Å². The van der Waals surface area contributed by atoms with Crippen LogP contribution in [0.3, 0.4) is 0 Å². The van der Waals surface area contributed by atoms with Crippen molar-refractivity contribution in [2.24, 2.45) is 5.92 Å². The first-order valence-electron chi connectivity index (χ1n) is 5.72. The van der Waals surface area contributed by atoms with Gasteiger partial charge in [-0.3, -0.25) is 0 Å². The summed E-state index contributed by atoms with van der Waals surface area (Å²) in [7, 11) is -5.31. The maximum Gasteiger partial charge on any atom is 0.471 e. The molecule has 0 saturated heterocycles. The third-order valence-corrected chi connectivity index (χ3v) is 3.90. The highest BCUT2D eigenvalue weighted by Gasteiger charge is 2.30. The lowest BCUT2D eigenvalue weighted by molar-refractivity contribution is 0.355. The number of nitrogens with one attached hydrogen (secondary N) is 1. The molecule has 100 valence electrons. The van der Waals surface area contributed by atoms with Gasteiger partial charge in [0.05, 0.1) is 11.7 Å². The fourth-order valence-electron chi connectivity index (χ4n) is 1.58. The molecule has 0 spiro atoms.